The molecule has 2 heteroatoms. The number of aryl methyl sites for hydroxylation is 1. The van der Waals surface area contributed by atoms with Crippen LogP contribution < -0.4 is 0 Å². The smallest absolute Gasteiger partial charge is 0.0379 e. The van der Waals surface area contributed by atoms with Crippen LogP contribution in [0.3, 0.4) is 0 Å². The van der Waals surface area contributed by atoms with E-state index in [1.807, 2.05) is 52.9 Å². The predicted molar refractivity (Wildman–Crippen MR) is 76.4 cm³/mol. The van der Waals surface area contributed by atoms with Crippen molar-refractivity contribution in [2.75, 3.05) is 0 Å². The lowest BCUT2D eigenvalue weighted by atomic mass is 10.1. The predicted octanol–water partition coefficient (Wildman–Crippen LogP) is 4.88. The Balaban J connectivity index is 0.000000509. The van der Waals surface area contributed by atoms with Gasteiger partial charge in [-0.15, -0.1) is 12.6 Å². The highest BCUT2D eigenvalue weighted by Crippen LogP contribution is 2.17. The Hall–Kier alpha value is -1.02. The molecule has 0 bridgehead atoms. The first-order valence-electron chi connectivity index (χ1n) is 5.81. The fourth-order valence-corrected chi connectivity index (χ4v) is 1.45. The van der Waals surface area contributed by atoms with Crippen molar-refractivity contribution in [1.29, 1.82) is 0 Å². The molecule has 0 spiro atoms. The third-order valence-corrected chi connectivity index (χ3v) is 2.12. The summed E-state index contributed by atoms with van der Waals surface area (Å²) in [7, 11) is 0. The van der Waals surface area contributed by atoms with Crippen LogP contribution >= 0.6 is 12.6 Å². The van der Waals surface area contributed by atoms with Crippen LogP contribution in [0.4, 0.5) is 0 Å². The number of aromatic nitrogens is 1. The SMILES string of the molecule is CC.CC.Cc1cc2ccc(S)cc2cn1. The quantitative estimate of drug-likeness (QED) is 0.642. The molecule has 1 heterocycles. The first kappa shape index (κ1) is 15.0. The first-order chi connectivity index (χ1) is 7.75. The second-order valence-corrected chi connectivity index (χ2v) is 3.37. The highest BCUT2D eigenvalue weighted by atomic mass is 32.1. The van der Waals surface area contributed by atoms with Crippen molar-refractivity contribution >= 4 is 23.4 Å². The summed E-state index contributed by atoms with van der Waals surface area (Å²) in [6.07, 6.45) is 1.88. The molecule has 0 radical (unpaired) electrons. The zero-order valence-electron chi connectivity index (χ0n) is 10.8. The van der Waals surface area contributed by atoms with Crippen LogP contribution in [0.1, 0.15) is 33.4 Å². The van der Waals surface area contributed by atoms with E-state index in [9.17, 15) is 0 Å². The van der Waals surface area contributed by atoms with Gasteiger partial charge in [0.2, 0.25) is 0 Å². The second-order valence-electron chi connectivity index (χ2n) is 2.86. The summed E-state index contributed by atoms with van der Waals surface area (Å²) in [6.45, 7) is 9.99. The fraction of sp³-hybridized carbons (Fsp3) is 0.357. The van der Waals surface area contributed by atoms with E-state index in [4.69, 9.17) is 0 Å². The molecule has 0 amide bonds. The van der Waals surface area contributed by atoms with Gasteiger partial charge in [0.1, 0.15) is 0 Å². The number of hydrogen-bond donors (Lipinski definition) is 1. The van der Waals surface area contributed by atoms with Crippen LogP contribution in [-0.4, -0.2) is 4.98 Å². The third kappa shape index (κ3) is 4.23. The average molecular weight is 235 g/mol. The van der Waals surface area contributed by atoms with Gasteiger partial charge in [0.05, 0.1) is 0 Å². The fourth-order valence-electron chi connectivity index (χ4n) is 1.24. The average Bonchev–Trinajstić information content (AvgIpc) is 2.35. The highest BCUT2D eigenvalue weighted by Gasteiger charge is 1.94. The summed E-state index contributed by atoms with van der Waals surface area (Å²) in [4.78, 5) is 5.19. The van der Waals surface area contributed by atoms with Crippen molar-refractivity contribution < 1.29 is 0 Å². The zero-order chi connectivity index (χ0) is 12.6. The zero-order valence-corrected chi connectivity index (χ0v) is 11.7. The van der Waals surface area contributed by atoms with Gasteiger partial charge >= 0.3 is 0 Å². The van der Waals surface area contributed by atoms with Crippen molar-refractivity contribution in [3.05, 3.63) is 36.2 Å². The number of nitrogens with zero attached hydrogens (tertiary/aromatic N) is 1. The molecular weight excluding hydrogens is 214 g/mol. The van der Waals surface area contributed by atoms with Crippen LogP contribution in [0, 0.1) is 6.92 Å². The molecule has 1 aromatic carbocycles. The van der Waals surface area contributed by atoms with Crippen molar-refractivity contribution in [1.82, 2.24) is 4.98 Å². The molecule has 0 aliphatic carbocycles. The van der Waals surface area contributed by atoms with E-state index in [1.54, 1.807) is 0 Å². The maximum Gasteiger partial charge on any atom is 0.0379 e. The lowest BCUT2D eigenvalue weighted by molar-refractivity contribution is 1.22. The van der Waals surface area contributed by atoms with Gasteiger partial charge in [-0.1, -0.05) is 33.8 Å². The van der Waals surface area contributed by atoms with E-state index in [1.165, 1.54) is 5.39 Å². The van der Waals surface area contributed by atoms with E-state index in [0.29, 0.717) is 0 Å². The molecule has 2 rings (SSSR count). The van der Waals surface area contributed by atoms with E-state index in [2.05, 4.69) is 29.7 Å². The lowest BCUT2D eigenvalue weighted by Gasteiger charge is -1.98. The van der Waals surface area contributed by atoms with Crippen molar-refractivity contribution in [2.24, 2.45) is 0 Å². The van der Waals surface area contributed by atoms with Gasteiger partial charge in [-0.05, 0) is 30.5 Å². The van der Waals surface area contributed by atoms with Crippen molar-refractivity contribution in [2.45, 2.75) is 39.5 Å². The number of benzene rings is 1. The van der Waals surface area contributed by atoms with E-state index >= 15 is 0 Å². The first-order valence-corrected chi connectivity index (χ1v) is 6.26. The topological polar surface area (TPSA) is 12.9 Å². The van der Waals surface area contributed by atoms with Crippen molar-refractivity contribution in [3.63, 3.8) is 0 Å². The summed E-state index contributed by atoms with van der Waals surface area (Å²) >= 11 is 4.26. The van der Waals surface area contributed by atoms with Crippen LogP contribution in [0.25, 0.3) is 10.8 Å². The molecule has 0 fully saturated rings. The molecule has 1 aromatic heterocycles. The molecule has 0 aliphatic heterocycles. The number of rotatable bonds is 0. The molecule has 0 saturated heterocycles. The number of fused-ring (bicyclic) bond motifs is 1. The lowest BCUT2D eigenvalue weighted by Crippen LogP contribution is -1.80. The van der Waals surface area contributed by atoms with Gasteiger partial charge in [-0.3, -0.25) is 4.98 Å². The summed E-state index contributed by atoms with van der Waals surface area (Å²) < 4.78 is 0. The van der Waals surface area contributed by atoms with Crippen LogP contribution in [0.5, 0.6) is 0 Å². The summed E-state index contributed by atoms with van der Waals surface area (Å²) in [5, 5.41) is 2.37. The molecule has 0 saturated carbocycles. The molecule has 88 valence electrons. The van der Waals surface area contributed by atoms with Gasteiger partial charge in [-0.2, -0.15) is 0 Å². The highest BCUT2D eigenvalue weighted by molar-refractivity contribution is 7.80. The Bertz CT molecular complexity index is 383. The molecule has 2 aromatic rings. The van der Waals surface area contributed by atoms with Gasteiger partial charge in [0.25, 0.3) is 0 Å². The minimum atomic E-state index is 0.980. The normalized spacial score (nSPS) is 8.62. The largest absolute Gasteiger partial charge is 0.261 e. The maximum atomic E-state index is 4.26. The molecule has 0 N–H and O–H groups in total. The number of pyridine rings is 1. The Labute approximate surface area is 104 Å². The maximum absolute atomic E-state index is 4.26. The molecule has 16 heavy (non-hydrogen) atoms. The third-order valence-electron chi connectivity index (χ3n) is 1.84. The van der Waals surface area contributed by atoms with Gasteiger partial charge in [-0.25, -0.2) is 0 Å². The summed E-state index contributed by atoms with van der Waals surface area (Å²) in [5.41, 5.74) is 1.05. The van der Waals surface area contributed by atoms with Gasteiger partial charge in [0.15, 0.2) is 0 Å². The minimum Gasteiger partial charge on any atom is -0.261 e. The Morgan fingerprint density at radius 1 is 0.938 bits per heavy atom. The molecule has 0 aliphatic rings. The van der Waals surface area contributed by atoms with Crippen LogP contribution in [-0.2, 0) is 0 Å². The number of thiol groups is 1. The molecular formula is C14H21NS. The van der Waals surface area contributed by atoms with E-state index < -0.39 is 0 Å². The standard InChI is InChI=1S/C10H9NS.2C2H6/c1-7-4-8-2-3-10(12)5-9(8)6-11-7;2*1-2/h2-6,12H,1H3;2*1-2H3. The second kappa shape index (κ2) is 8.17. The van der Waals surface area contributed by atoms with E-state index in [0.717, 1.165) is 16.0 Å². The summed E-state index contributed by atoms with van der Waals surface area (Å²) in [5.74, 6) is 0. The van der Waals surface area contributed by atoms with Crippen LogP contribution in [0.2, 0.25) is 0 Å². The van der Waals surface area contributed by atoms with Gasteiger partial charge < -0.3 is 0 Å². The molecule has 0 unspecified atom stereocenters. The minimum absolute atomic E-state index is 0.980. The van der Waals surface area contributed by atoms with Crippen LogP contribution in [0.15, 0.2) is 35.4 Å². The summed E-state index contributed by atoms with van der Waals surface area (Å²) in [6, 6.07) is 8.14. The van der Waals surface area contributed by atoms with E-state index in [-0.39, 0.29) is 0 Å². The molecule has 1 nitrogen and oxygen atoms in total. The number of hydrogen-bond acceptors (Lipinski definition) is 2. The Kier molecular flexibility index (Phi) is 7.65. The Morgan fingerprint density at radius 3 is 2.19 bits per heavy atom. The Morgan fingerprint density at radius 2 is 1.56 bits per heavy atom. The molecule has 0 atom stereocenters. The van der Waals surface area contributed by atoms with Gasteiger partial charge in [0, 0.05) is 22.2 Å². The van der Waals surface area contributed by atoms with Crippen molar-refractivity contribution in [3.8, 4) is 0 Å². The monoisotopic (exact) mass is 235 g/mol.